The van der Waals surface area contributed by atoms with E-state index in [1.54, 1.807) is 0 Å². The van der Waals surface area contributed by atoms with Gasteiger partial charge >= 0.3 is 0 Å². The van der Waals surface area contributed by atoms with Crippen LogP contribution in [0.2, 0.25) is 0 Å². The molecule has 0 aliphatic carbocycles. The zero-order valence-corrected chi connectivity index (χ0v) is 26.0. The van der Waals surface area contributed by atoms with Crippen molar-refractivity contribution in [1.82, 2.24) is 9.55 Å². The van der Waals surface area contributed by atoms with Crippen LogP contribution in [-0.2, 0) is 0 Å². The van der Waals surface area contributed by atoms with Crippen molar-refractivity contribution in [2.45, 2.75) is 0 Å². The molecule has 1 aliphatic rings. The van der Waals surface area contributed by atoms with Crippen LogP contribution in [0.1, 0.15) is 0 Å². The summed E-state index contributed by atoms with van der Waals surface area (Å²) >= 11 is 0. The van der Waals surface area contributed by atoms with Crippen LogP contribution in [-0.4, -0.2) is 9.55 Å². The fourth-order valence-electron chi connectivity index (χ4n) is 7.52. The van der Waals surface area contributed by atoms with E-state index in [4.69, 9.17) is 9.72 Å². The Labute approximate surface area is 278 Å². The van der Waals surface area contributed by atoms with Crippen molar-refractivity contribution in [3.8, 4) is 62.0 Å². The molecule has 9 aromatic rings. The number of hydrogen-bond acceptors (Lipinski definition) is 2. The molecule has 0 fully saturated rings. The second-order valence-corrected chi connectivity index (χ2v) is 12.3. The molecule has 224 valence electrons. The summed E-state index contributed by atoms with van der Waals surface area (Å²) in [5, 5.41) is 4.92. The molecule has 8 aromatic carbocycles. The van der Waals surface area contributed by atoms with Gasteiger partial charge in [-0.2, -0.15) is 0 Å². The molecule has 0 saturated carbocycles. The largest absolute Gasteiger partial charge is 0.452 e. The van der Waals surface area contributed by atoms with Gasteiger partial charge in [0.2, 0.25) is 0 Å². The highest BCUT2D eigenvalue weighted by atomic mass is 16.5. The van der Waals surface area contributed by atoms with E-state index in [-0.39, 0.29) is 0 Å². The minimum atomic E-state index is 0.810. The van der Waals surface area contributed by atoms with Crippen molar-refractivity contribution in [2.75, 3.05) is 0 Å². The SMILES string of the molecule is c1ccc(-c2c3ccccc3c(-c3ccccc3)c3cc(-c4cccc5c4Oc4cccc6nc(-c7ccccc7)n-5c46)ccc23)cc1. The monoisotopic (exact) mass is 612 g/mol. The third kappa shape index (κ3) is 3.98. The van der Waals surface area contributed by atoms with Gasteiger partial charge in [-0.3, -0.25) is 4.57 Å². The quantitative estimate of drug-likeness (QED) is 0.185. The van der Waals surface area contributed by atoms with E-state index in [0.29, 0.717) is 0 Å². The van der Waals surface area contributed by atoms with Crippen LogP contribution < -0.4 is 4.74 Å². The molecule has 48 heavy (non-hydrogen) atoms. The number of para-hydroxylation sites is 2. The second kappa shape index (κ2) is 10.5. The Morgan fingerprint density at radius 3 is 1.71 bits per heavy atom. The molecule has 0 radical (unpaired) electrons. The van der Waals surface area contributed by atoms with E-state index >= 15 is 0 Å². The van der Waals surface area contributed by atoms with Crippen molar-refractivity contribution in [3.05, 3.63) is 170 Å². The maximum atomic E-state index is 6.81. The van der Waals surface area contributed by atoms with Crippen LogP contribution in [0.3, 0.4) is 0 Å². The van der Waals surface area contributed by atoms with Gasteiger partial charge in [0.1, 0.15) is 11.3 Å². The lowest BCUT2D eigenvalue weighted by atomic mass is 9.85. The lowest BCUT2D eigenvalue weighted by Crippen LogP contribution is -2.06. The Morgan fingerprint density at radius 2 is 1.02 bits per heavy atom. The molecule has 0 bridgehead atoms. The first kappa shape index (κ1) is 26.7. The molecular weight excluding hydrogens is 585 g/mol. The van der Waals surface area contributed by atoms with Crippen molar-refractivity contribution in [2.24, 2.45) is 0 Å². The van der Waals surface area contributed by atoms with E-state index in [1.165, 1.54) is 43.8 Å². The highest BCUT2D eigenvalue weighted by Gasteiger charge is 2.27. The summed E-state index contributed by atoms with van der Waals surface area (Å²) in [6.07, 6.45) is 0. The Kier molecular flexibility index (Phi) is 5.87. The smallest absolute Gasteiger partial charge is 0.159 e. The van der Waals surface area contributed by atoms with Crippen LogP contribution in [0.25, 0.3) is 83.0 Å². The van der Waals surface area contributed by atoms with Gasteiger partial charge in [0.05, 0.1) is 11.2 Å². The van der Waals surface area contributed by atoms with Crippen LogP contribution in [0, 0.1) is 0 Å². The van der Waals surface area contributed by atoms with Gasteiger partial charge in [0.25, 0.3) is 0 Å². The third-order valence-electron chi connectivity index (χ3n) is 9.58. The molecular formula is C45H28N2O. The average Bonchev–Trinajstić information content (AvgIpc) is 3.56. The highest BCUT2D eigenvalue weighted by Crippen LogP contribution is 2.49. The maximum Gasteiger partial charge on any atom is 0.159 e. The number of aromatic nitrogens is 2. The summed E-state index contributed by atoms with van der Waals surface area (Å²) < 4.78 is 9.08. The molecule has 3 nitrogen and oxygen atoms in total. The standard InChI is InChI=1S/C45H28N2O/c1-4-14-29(15-5-1)41-34-20-10-11-21-35(34)42(30-16-6-2-7-17-30)37-28-32(26-27-36(37)41)33-22-12-24-39-44(33)48-40-25-13-23-38-43(40)47(39)45(46-38)31-18-8-3-9-19-31/h1-28H. The molecule has 1 aromatic heterocycles. The zero-order valence-electron chi connectivity index (χ0n) is 26.0. The predicted molar refractivity (Wildman–Crippen MR) is 198 cm³/mol. The summed E-state index contributed by atoms with van der Waals surface area (Å²) in [6.45, 7) is 0. The second-order valence-electron chi connectivity index (χ2n) is 12.3. The maximum absolute atomic E-state index is 6.81. The zero-order chi connectivity index (χ0) is 31.6. The van der Waals surface area contributed by atoms with Crippen LogP contribution >= 0.6 is 0 Å². The Balaban J connectivity index is 1.27. The Bertz CT molecular complexity index is 2680. The number of ether oxygens (including phenoxy) is 1. The molecule has 0 atom stereocenters. The summed E-state index contributed by atoms with van der Waals surface area (Å²) in [5.74, 6) is 2.55. The highest BCUT2D eigenvalue weighted by molar-refractivity contribution is 6.22. The predicted octanol–water partition coefficient (Wildman–Crippen LogP) is 12.1. The molecule has 0 unspecified atom stereocenters. The first-order valence-corrected chi connectivity index (χ1v) is 16.3. The lowest BCUT2D eigenvalue weighted by molar-refractivity contribution is 0.477. The topological polar surface area (TPSA) is 27.1 Å². The fraction of sp³-hybridized carbons (Fsp3) is 0. The third-order valence-corrected chi connectivity index (χ3v) is 9.58. The number of benzene rings is 8. The van der Waals surface area contributed by atoms with Crippen molar-refractivity contribution < 1.29 is 4.74 Å². The van der Waals surface area contributed by atoms with Gasteiger partial charge < -0.3 is 4.74 Å². The van der Waals surface area contributed by atoms with Crippen molar-refractivity contribution >= 4 is 32.6 Å². The minimum absolute atomic E-state index is 0.810. The summed E-state index contributed by atoms with van der Waals surface area (Å²) in [5.41, 5.74) is 11.0. The van der Waals surface area contributed by atoms with Crippen molar-refractivity contribution in [1.29, 1.82) is 0 Å². The number of hydrogen-bond donors (Lipinski definition) is 0. The van der Waals surface area contributed by atoms with E-state index in [2.05, 4.69) is 156 Å². The molecule has 0 saturated heterocycles. The molecule has 0 N–H and O–H groups in total. The van der Waals surface area contributed by atoms with E-state index < -0.39 is 0 Å². The number of imidazole rings is 1. The van der Waals surface area contributed by atoms with Crippen molar-refractivity contribution in [3.63, 3.8) is 0 Å². The first-order chi connectivity index (χ1) is 23.8. The number of fused-ring (bicyclic) bond motifs is 4. The lowest BCUT2D eigenvalue weighted by Gasteiger charge is -2.24. The van der Waals surface area contributed by atoms with E-state index in [1.807, 2.05) is 18.2 Å². The molecule has 3 heteroatoms. The van der Waals surface area contributed by atoms with Crippen LogP contribution in [0.4, 0.5) is 0 Å². The minimum Gasteiger partial charge on any atom is -0.452 e. The summed E-state index contributed by atoms with van der Waals surface area (Å²) in [4.78, 5) is 5.09. The first-order valence-electron chi connectivity index (χ1n) is 16.3. The number of nitrogens with zero attached hydrogens (tertiary/aromatic N) is 2. The van der Waals surface area contributed by atoms with Crippen LogP contribution in [0.5, 0.6) is 11.5 Å². The van der Waals surface area contributed by atoms with Gasteiger partial charge in [-0.15, -0.1) is 0 Å². The Hall–Kier alpha value is -6.45. The molecule has 1 aliphatic heterocycles. The van der Waals surface area contributed by atoms with Crippen LogP contribution in [0.15, 0.2) is 170 Å². The average molecular weight is 613 g/mol. The van der Waals surface area contributed by atoms with Gasteiger partial charge in [0, 0.05) is 11.1 Å². The normalized spacial score (nSPS) is 11.9. The van der Waals surface area contributed by atoms with Gasteiger partial charge in [-0.1, -0.05) is 146 Å². The fourth-order valence-corrected chi connectivity index (χ4v) is 7.52. The number of rotatable bonds is 4. The molecule has 10 rings (SSSR count). The van der Waals surface area contributed by atoms with Gasteiger partial charge in [-0.25, -0.2) is 4.98 Å². The van der Waals surface area contributed by atoms with E-state index in [0.717, 1.165) is 50.7 Å². The Morgan fingerprint density at radius 1 is 0.438 bits per heavy atom. The van der Waals surface area contributed by atoms with Gasteiger partial charge in [0.15, 0.2) is 11.5 Å². The summed E-state index contributed by atoms with van der Waals surface area (Å²) in [6, 6.07) is 60.2. The molecule has 0 spiro atoms. The summed E-state index contributed by atoms with van der Waals surface area (Å²) in [7, 11) is 0. The molecule has 0 amide bonds. The van der Waals surface area contributed by atoms with Gasteiger partial charge in [-0.05, 0) is 73.6 Å². The molecule has 2 heterocycles. The van der Waals surface area contributed by atoms with E-state index in [9.17, 15) is 0 Å².